The van der Waals surface area contributed by atoms with Gasteiger partial charge in [0.2, 0.25) is 11.8 Å². The molecular weight excluding hydrogens is 606 g/mol. The molecule has 8 heteroatoms. The number of fused-ring (bicyclic) bond motifs is 2. The number of benzene rings is 1. The van der Waals surface area contributed by atoms with Crippen LogP contribution in [0.4, 0.5) is 0 Å². The molecule has 2 aliphatic heterocycles. The second-order valence-corrected chi connectivity index (χ2v) is 12.6. The van der Waals surface area contributed by atoms with E-state index in [1.54, 1.807) is 6.92 Å². The third kappa shape index (κ3) is 5.39. The lowest BCUT2D eigenvalue weighted by Crippen LogP contribution is -2.42. The van der Waals surface area contributed by atoms with Crippen LogP contribution in [0.3, 0.4) is 0 Å². The number of pyridine rings is 1. The summed E-state index contributed by atoms with van der Waals surface area (Å²) in [5, 5.41) is 0.752. The third-order valence-electron chi connectivity index (χ3n) is 8.36. The van der Waals surface area contributed by atoms with Gasteiger partial charge in [-0.3, -0.25) is 14.6 Å². The topological polar surface area (TPSA) is 53.5 Å². The van der Waals surface area contributed by atoms with E-state index in [9.17, 15) is 9.59 Å². The summed E-state index contributed by atoms with van der Waals surface area (Å²) in [4.78, 5) is 33.6. The van der Waals surface area contributed by atoms with Crippen molar-refractivity contribution < 1.29 is 9.59 Å². The minimum Gasteiger partial charge on any atom is -0.343 e. The van der Waals surface area contributed by atoms with E-state index in [2.05, 4.69) is 48.9 Å². The lowest BCUT2D eigenvalue weighted by Gasteiger charge is -2.38. The molecule has 2 fully saturated rings. The quantitative estimate of drug-likeness (QED) is 0.393. The van der Waals surface area contributed by atoms with Crippen LogP contribution in [-0.4, -0.2) is 52.8 Å². The first kappa shape index (κ1) is 26.2. The van der Waals surface area contributed by atoms with E-state index in [0.717, 1.165) is 78.7 Å². The Bertz CT molecular complexity index is 1160. The van der Waals surface area contributed by atoms with E-state index >= 15 is 0 Å². The van der Waals surface area contributed by atoms with Crippen molar-refractivity contribution in [2.45, 2.75) is 57.8 Å². The van der Waals surface area contributed by atoms with Gasteiger partial charge in [-0.05, 0) is 111 Å². The maximum atomic E-state index is 13.1. The van der Waals surface area contributed by atoms with Crippen molar-refractivity contribution in [3.8, 4) is 0 Å². The number of carbonyl (C=O) groups is 2. The molecule has 1 unspecified atom stereocenters. The molecule has 5 rings (SSSR count). The molecule has 3 heterocycles. The second-order valence-electron chi connectivity index (χ2n) is 10.5. The van der Waals surface area contributed by atoms with Crippen molar-refractivity contribution in [1.82, 2.24) is 14.8 Å². The summed E-state index contributed by atoms with van der Waals surface area (Å²) in [6.07, 6.45) is 8.17. The van der Waals surface area contributed by atoms with E-state index in [1.165, 1.54) is 22.4 Å². The highest BCUT2D eigenvalue weighted by atomic mass is 79.9. The van der Waals surface area contributed by atoms with Gasteiger partial charge >= 0.3 is 0 Å². The van der Waals surface area contributed by atoms with Gasteiger partial charge in [0.05, 0.1) is 10.7 Å². The van der Waals surface area contributed by atoms with Gasteiger partial charge in [-0.1, -0.05) is 17.7 Å². The van der Waals surface area contributed by atoms with Crippen LogP contribution in [0.15, 0.2) is 33.3 Å². The maximum Gasteiger partial charge on any atom is 0.222 e. The van der Waals surface area contributed by atoms with E-state index in [0.29, 0.717) is 18.3 Å². The van der Waals surface area contributed by atoms with E-state index < -0.39 is 0 Å². The third-order valence-corrected chi connectivity index (χ3v) is 10.2. The molecule has 36 heavy (non-hydrogen) atoms. The zero-order valence-corrected chi connectivity index (χ0v) is 24.5. The predicted octanol–water partition coefficient (Wildman–Crippen LogP) is 6.38. The molecule has 192 valence electrons. The van der Waals surface area contributed by atoms with Gasteiger partial charge in [0, 0.05) is 60.6 Å². The van der Waals surface area contributed by atoms with Gasteiger partial charge in [-0.25, -0.2) is 0 Å². The summed E-state index contributed by atoms with van der Waals surface area (Å²) >= 11 is 13.9. The van der Waals surface area contributed by atoms with Gasteiger partial charge in [-0.15, -0.1) is 0 Å². The Morgan fingerprint density at radius 1 is 1.03 bits per heavy atom. The Kier molecular flexibility index (Phi) is 8.09. The number of nitrogens with zero attached hydrogens (tertiary/aromatic N) is 3. The molecule has 0 radical (unpaired) electrons. The average Bonchev–Trinajstić information content (AvgIpc) is 3.03. The van der Waals surface area contributed by atoms with Gasteiger partial charge < -0.3 is 9.80 Å². The molecule has 0 bridgehead atoms. The molecule has 1 aromatic heterocycles. The molecule has 2 amide bonds. The summed E-state index contributed by atoms with van der Waals surface area (Å²) in [5.41, 5.74) is 5.08. The van der Waals surface area contributed by atoms with Crippen molar-refractivity contribution >= 4 is 55.3 Å². The van der Waals surface area contributed by atoms with E-state index in [1.807, 2.05) is 17.2 Å². The van der Waals surface area contributed by atoms with Crippen LogP contribution < -0.4 is 0 Å². The maximum absolute atomic E-state index is 13.1. The Labute approximate surface area is 235 Å². The zero-order chi connectivity index (χ0) is 25.4. The highest BCUT2D eigenvalue weighted by Crippen LogP contribution is 2.45. The minimum atomic E-state index is 0.139. The van der Waals surface area contributed by atoms with Gasteiger partial charge in [0.15, 0.2) is 0 Å². The number of aromatic nitrogens is 1. The summed E-state index contributed by atoms with van der Waals surface area (Å²) < 4.78 is 2.01. The first-order chi connectivity index (χ1) is 17.3. The van der Waals surface area contributed by atoms with E-state index in [-0.39, 0.29) is 17.7 Å². The summed E-state index contributed by atoms with van der Waals surface area (Å²) in [6, 6.07) is 6.40. The summed E-state index contributed by atoms with van der Waals surface area (Å²) in [5.74, 6) is 1.42. The fraction of sp³-hybridized carbons (Fsp3) is 0.536. The molecule has 0 N–H and O–H groups in total. The van der Waals surface area contributed by atoms with Crippen molar-refractivity contribution in [2.75, 3.05) is 26.2 Å². The fourth-order valence-corrected chi connectivity index (χ4v) is 7.43. The normalized spacial score (nSPS) is 21.1. The number of carbonyl (C=O) groups excluding carboxylic acids is 2. The highest BCUT2D eigenvalue weighted by Gasteiger charge is 2.36. The number of rotatable bonds is 3. The molecule has 2 saturated heterocycles. The highest BCUT2D eigenvalue weighted by molar-refractivity contribution is 9.10. The van der Waals surface area contributed by atoms with E-state index in [4.69, 9.17) is 16.6 Å². The van der Waals surface area contributed by atoms with Crippen molar-refractivity contribution in [1.29, 1.82) is 0 Å². The molecular formula is C28H32Br2ClN3O2. The Balaban J connectivity index is 1.30. The number of likely N-dealkylation sites (tertiary alicyclic amines) is 2. The fourth-order valence-electron chi connectivity index (χ4n) is 6.32. The van der Waals surface area contributed by atoms with Gasteiger partial charge in [0.1, 0.15) is 0 Å². The number of amides is 2. The SMILES string of the molecule is CC(=O)N1CCC(CC(=O)N2CCC(C3c4ccc(Cl)c(Br)c4CCc4cc(Br)cnc43)CC2)CC1. The number of hydrogen-bond acceptors (Lipinski definition) is 3. The van der Waals surface area contributed by atoms with Crippen molar-refractivity contribution in [3.63, 3.8) is 0 Å². The molecule has 1 aliphatic carbocycles. The van der Waals surface area contributed by atoms with Crippen LogP contribution >= 0.6 is 43.5 Å². The monoisotopic (exact) mass is 635 g/mol. The van der Waals surface area contributed by atoms with Crippen LogP contribution in [0.5, 0.6) is 0 Å². The van der Waals surface area contributed by atoms with Gasteiger partial charge in [0.25, 0.3) is 0 Å². The number of hydrogen-bond donors (Lipinski definition) is 0. The number of piperidine rings is 2. The smallest absolute Gasteiger partial charge is 0.222 e. The second kappa shape index (κ2) is 11.1. The lowest BCUT2D eigenvalue weighted by molar-refractivity contribution is -0.134. The molecule has 1 atom stereocenters. The molecule has 3 aliphatic rings. The van der Waals surface area contributed by atoms with Crippen LogP contribution in [-0.2, 0) is 22.4 Å². The molecule has 0 saturated carbocycles. The summed E-state index contributed by atoms with van der Waals surface area (Å²) in [6.45, 7) is 4.77. The van der Waals surface area contributed by atoms with Crippen LogP contribution in [0.2, 0.25) is 5.02 Å². The van der Waals surface area contributed by atoms with Crippen molar-refractivity contribution in [2.24, 2.45) is 11.8 Å². The first-order valence-electron chi connectivity index (χ1n) is 13.0. The van der Waals surface area contributed by atoms with Crippen LogP contribution in [0, 0.1) is 11.8 Å². The number of aryl methyl sites for hydroxylation is 1. The molecule has 2 aromatic rings. The average molecular weight is 638 g/mol. The van der Waals surface area contributed by atoms with Crippen LogP contribution in [0.25, 0.3) is 0 Å². The molecule has 1 aromatic carbocycles. The first-order valence-corrected chi connectivity index (χ1v) is 14.9. The lowest BCUT2D eigenvalue weighted by atomic mass is 9.76. The minimum absolute atomic E-state index is 0.139. The number of halogens is 3. The molecule has 0 spiro atoms. The largest absolute Gasteiger partial charge is 0.343 e. The Morgan fingerprint density at radius 2 is 1.72 bits per heavy atom. The molecule has 5 nitrogen and oxygen atoms in total. The standard InChI is InChI=1S/C28H32Br2ClN3O2/c1-17(35)33-10-6-18(7-11-33)14-25(36)34-12-8-19(9-13-34)26-22-4-5-24(31)27(30)23(22)3-2-20-15-21(29)16-32-28(20)26/h4-5,15-16,18-19,26H,2-3,6-14H2,1H3. The van der Waals surface area contributed by atoms with Gasteiger partial charge in [-0.2, -0.15) is 0 Å². The Morgan fingerprint density at radius 3 is 2.42 bits per heavy atom. The van der Waals surface area contributed by atoms with Crippen LogP contribution in [0.1, 0.15) is 67.3 Å². The predicted molar refractivity (Wildman–Crippen MR) is 149 cm³/mol. The Hall–Kier alpha value is -1.44. The zero-order valence-electron chi connectivity index (χ0n) is 20.6. The van der Waals surface area contributed by atoms with Crippen molar-refractivity contribution in [3.05, 3.63) is 60.7 Å². The summed E-state index contributed by atoms with van der Waals surface area (Å²) in [7, 11) is 0.